The number of hydrogen-bond donors (Lipinski definition) is 3. The molecule has 0 spiro atoms. The molecule has 0 saturated carbocycles. The molecule has 0 radical (unpaired) electrons. The van der Waals surface area contributed by atoms with Crippen molar-refractivity contribution >= 4 is 17.3 Å². The average Bonchev–Trinajstić information content (AvgIpc) is 2.34. The number of anilines is 2. The molecule has 17 heavy (non-hydrogen) atoms. The number of rotatable bonds is 2. The van der Waals surface area contributed by atoms with E-state index >= 15 is 0 Å². The fourth-order valence-corrected chi connectivity index (χ4v) is 1.93. The minimum atomic E-state index is -0.126. The van der Waals surface area contributed by atoms with Crippen molar-refractivity contribution in [2.45, 2.75) is 19.3 Å². The fraction of sp³-hybridized carbons (Fsp3) is 0.417. The number of hydrazine groups is 1. The van der Waals surface area contributed by atoms with Gasteiger partial charge in [0.1, 0.15) is 0 Å². The Balaban J connectivity index is 2.01. The van der Waals surface area contributed by atoms with Crippen LogP contribution >= 0.6 is 0 Å². The van der Waals surface area contributed by atoms with Crippen LogP contribution in [0.5, 0.6) is 0 Å². The average molecular weight is 234 g/mol. The molecule has 0 unspecified atom stereocenters. The van der Waals surface area contributed by atoms with Gasteiger partial charge < -0.3 is 11.5 Å². The summed E-state index contributed by atoms with van der Waals surface area (Å²) >= 11 is 0. The minimum absolute atomic E-state index is 0.126. The number of amides is 1. The standard InChI is InChI=1S/C12H18N4O/c13-10-5-4-9(8-11(10)14)12(17)15-16-6-2-1-3-7-16/h4-5,8H,1-3,6-7,13-14H2,(H,15,17). The zero-order valence-corrected chi connectivity index (χ0v) is 9.78. The SMILES string of the molecule is Nc1ccc(C(=O)NN2CCCCC2)cc1N. The molecule has 0 aliphatic carbocycles. The van der Waals surface area contributed by atoms with Gasteiger partial charge in [0.05, 0.1) is 11.4 Å². The van der Waals surface area contributed by atoms with Crippen LogP contribution in [-0.2, 0) is 0 Å². The molecule has 92 valence electrons. The van der Waals surface area contributed by atoms with Crippen LogP contribution in [-0.4, -0.2) is 24.0 Å². The lowest BCUT2D eigenvalue weighted by Gasteiger charge is -2.26. The van der Waals surface area contributed by atoms with Crippen molar-refractivity contribution < 1.29 is 4.79 Å². The molecule has 1 aliphatic heterocycles. The van der Waals surface area contributed by atoms with Crippen molar-refractivity contribution in [1.29, 1.82) is 0 Å². The molecular weight excluding hydrogens is 216 g/mol. The Morgan fingerprint density at radius 1 is 1.12 bits per heavy atom. The van der Waals surface area contributed by atoms with Gasteiger partial charge in [-0.1, -0.05) is 6.42 Å². The number of piperidine rings is 1. The number of carbonyl (C=O) groups is 1. The number of nitrogens with zero attached hydrogens (tertiary/aromatic N) is 1. The van der Waals surface area contributed by atoms with E-state index in [1.165, 1.54) is 6.42 Å². The zero-order valence-electron chi connectivity index (χ0n) is 9.78. The number of nitrogens with two attached hydrogens (primary N) is 2. The van der Waals surface area contributed by atoms with Crippen molar-refractivity contribution in [3.05, 3.63) is 23.8 Å². The summed E-state index contributed by atoms with van der Waals surface area (Å²) in [6.45, 7) is 1.83. The van der Waals surface area contributed by atoms with E-state index in [4.69, 9.17) is 11.5 Å². The van der Waals surface area contributed by atoms with E-state index in [0.29, 0.717) is 16.9 Å². The van der Waals surface area contributed by atoms with E-state index in [9.17, 15) is 4.79 Å². The zero-order chi connectivity index (χ0) is 12.3. The Labute approximate surface area is 101 Å². The van der Waals surface area contributed by atoms with Crippen LogP contribution in [0.25, 0.3) is 0 Å². The van der Waals surface area contributed by atoms with Crippen LogP contribution in [0.3, 0.4) is 0 Å². The summed E-state index contributed by atoms with van der Waals surface area (Å²) in [6.07, 6.45) is 3.50. The van der Waals surface area contributed by atoms with Crippen molar-refractivity contribution in [3.8, 4) is 0 Å². The predicted molar refractivity (Wildman–Crippen MR) is 68.2 cm³/mol. The van der Waals surface area contributed by atoms with Crippen molar-refractivity contribution in [2.24, 2.45) is 0 Å². The molecule has 1 aromatic rings. The molecule has 5 N–H and O–H groups in total. The summed E-state index contributed by atoms with van der Waals surface area (Å²) < 4.78 is 0. The summed E-state index contributed by atoms with van der Waals surface area (Å²) in [4.78, 5) is 11.9. The molecule has 1 aliphatic rings. The van der Waals surface area contributed by atoms with Crippen LogP contribution in [0.2, 0.25) is 0 Å². The van der Waals surface area contributed by atoms with Crippen molar-refractivity contribution in [2.75, 3.05) is 24.6 Å². The Morgan fingerprint density at radius 3 is 2.47 bits per heavy atom. The predicted octanol–water partition coefficient (Wildman–Crippen LogP) is 0.982. The molecular formula is C12H18N4O. The highest BCUT2D eigenvalue weighted by Gasteiger charge is 2.14. The van der Waals surface area contributed by atoms with Crippen LogP contribution in [0.15, 0.2) is 18.2 Å². The first-order valence-electron chi connectivity index (χ1n) is 5.88. The topological polar surface area (TPSA) is 84.4 Å². The Morgan fingerprint density at radius 2 is 1.82 bits per heavy atom. The first-order valence-corrected chi connectivity index (χ1v) is 5.88. The third-order valence-electron chi connectivity index (χ3n) is 2.96. The van der Waals surface area contributed by atoms with Gasteiger partial charge in [-0.25, -0.2) is 5.01 Å². The van der Waals surface area contributed by atoms with Gasteiger partial charge >= 0.3 is 0 Å². The van der Waals surface area contributed by atoms with E-state index < -0.39 is 0 Å². The Bertz CT molecular complexity index is 413. The monoisotopic (exact) mass is 234 g/mol. The quantitative estimate of drug-likeness (QED) is 0.666. The molecule has 1 amide bonds. The fourth-order valence-electron chi connectivity index (χ4n) is 1.93. The minimum Gasteiger partial charge on any atom is -0.397 e. The largest absolute Gasteiger partial charge is 0.397 e. The highest BCUT2D eigenvalue weighted by molar-refractivity contribution is 5.95. The lowest BCUT2D eigenvalue weighted by Crippen LogP contribution is -2.45. The summed E-state index contributed by atoms with van der Waals surface area (Å²) in [7, 11) is 0. The first-order chi connectivity index (χ1) is 8.16. The molecule has 1 aromatic carbocycles. The maximum Gasteiger partial charge on any atom is 0.265 e. The molecule has 5 nitrogen and oxygen atoms in total. The number of nitrogens with one attached hydrogen (secondary N) is 1. The number of benzene rings is 1. The lowest BCUT2D eigenvalue weighted by atomic mass is 10.1. The highest BCUT2D eigenvalue weighted by atomic mass is 16.2. The second-order valence-electron chi connectivity index (χ2n) is 4.33. The highest BCUT2D eigenvalue weighted by Crippen LogP contribution is 2.16. The van der Waals surface area contributed by atoms with Gasteiger partial charge in [0.15, 0.2) is 0 Å². The van der Waals surface area contributed by atoms with Gasteiger partial charge in [0.2, 0.25) is 0 Å². The second kappa shape index (κ2) is 5.05. The van der Waals surface area contributed by atoms with Crippen molar-refractivity contribution in [3.63, 3.8) is 0 Å². The molecule has 5 heteroatoms. The van der Waals surface area contributed by atoms with Gasteiger partial charge in [0, 0.05) is 18.7 Å². The second-order valence-corrected chi connectivity index (χ2v) is 4.33. The molecule has 1 saturated heterocycles. The van der Waals surface area contributed by atoms with Gasteiger partial charge in [-0.2, -0.15) is 0 Å². The third-order valence-corrected chi connectivity index (χ3v) is 2.96. The van der Waals surface area contributed by atoms with E-state index in [1.54, 1.807) is 18.2 Å². The van der Waals surface area contributed by atoms with Crippen LogP contribution in [0.1, 0.15) is 29.6 Å². The summed E-state index contributed by atoms with van der Waals surface area (Å²) in [5, 5.41) is 1.96. The smallest absolute Gasteiger partial charge is 0.265 e. The summed E-state index contributed by atoms with van der Waals surface area (Å²) in [5.41, 5.74) is 15.6. The molecule has 1 fully saturated rings. The van der Waals surface area contributed by atoms with Gasteiger partial charge in [-0.05, 0) is 31.0 Å². The normalized spacial score (nSPS) is 16.7. The summed E-state index contributed by atoms with van der Waals surface area (Å²) in [6, 6.07) is 4.94. The van der Waals surface area contributed by atoms with Gasteiger partial charge in [0.25, 0.3) is 5.91 Å². The summed E-state index contributed by atoms with van der Waals surface area (Å²) in [5.74, 6) is -0.126. The first kappa shape index (κ1) is 11.7. The Hall–Kier alpha value is -1.75. The lowest BCUT2D eigenvalue weighted by molar-refractivity contribution is 0.0750. The molecule has 0 bridgehead atoms. The molecule has 2 rings (SSSR count). The molecule has 0 atom stereocenters. The molecule has 0 aromatic heterocycles. The molecule has 1 heterocycles. The maximum absolute atomic E-state index is 11.9. The van der Waals surface area contributed by atoms with E-state index in [2.05, 4.69) is 5.43 Å². The number of hydrogen-bond acceptors (Lipinski definition) is 4. The van der Waals surface area contributed by atoms with Crippen LogP contribution in [0.4, 0.5) is 11.4 Å². The van der Waals surface area contributed by atoms with Crippen LogP contribution < -0.4 is 16.9 Å². The van der Waals surface area contributed by atoms with E-state index in [0.717, 1.165) is 25.9 Å². The maximum atomic E-state index is 11.9. The van der Waals surface area contributed by atoms with Crippen molar-refractivity contribution in [1.82, 2.24) is 10.4 Å². The third kappa shape index (κ3) is 2.88. The Kier molecular flexibility index (Phi) is 3.49. The number of nitrogen functional groups attached to an aromatic ring is 2. The van der Waals surface area contributed by atoms with E-state index in [1.807, 2.05) is 5.01 Å². The van der Waals surface area contributed by atoms with Gasteiger partial charge in [-0.3, -0.25) is 10.2 Å². The van der Waals surface area contributed by atoms with Crippen LogP contribution in [0, 0.1) is 0 Å². The number of carbonyl (C=O) groups excluding carboxylic acids is 1. The van der Waals surface area contributed by atoms with E-state index in [-0.39, 0.29) is 5.91 Å². The van der Waals surface area contributed by atoms with Gasteiger partial charge in [-0.15, -0.1) is 0 Å².